The molecule has 5 nitrogen and oxygen atoms in total. The number of para-hydroxylation sites is 2. The topological polar surface area (TPSA) is 60.2 Å². The van der Waals surface area contributed by atoms with Gasteiger partial charge in [-0.1, -0.05) is 29.8 Å². The Morgan fingerprint density at radius 1 is 1.09 bits per heavy atom. The van der Waals surface area contributed by atoms with E-state index < -0.39 is 0 Å². The first-order valence-corrected chi connectivity index (χ1v) is 7.02. The number of ether oxygens (including phenoxy) is 1. The van der Waals surface area contributed by atoms with Crippen molar-refractivity contribution in [1.82, 2.24) is 10.2 Å². The van der Waals surface area contributed by atoms with E-state index in [2.05, 4.69) is 15.5 Å². The summed E-state index contributed by atoms with van der Waals surface area (Å²) in [5, 5.41) is 11.4. The van der Waals surface area contributed by atoms with Gasteiger partial charge in [0, 0.05) is 5.56 Å². The Labute approximate surface area is 129 Å². The molecule has 0 saturated carbocycles. The highest BCUT2D eigenvalue weighted by molar-refractivity contribution is 5.56. The lowest BCUT2D eigenvalue weighted by Gasteiger charge is -2.08. The van der Waals surface area contributed by atoms with Gasteiger partial charge in [-0.2, -0.15) is 0 Å². The molecule has 0 amide bonds. The molecule has 0 saturated heterocycles. The fraction of sp³-hybridized carbons (Fsp3) is 0.176. The number of hydrogen-bond acceptors (Lipinski definition) is 5. The van der Waals surface area contributed by atoms with E-state index in [1.54, 1.807) is 7.11 Å². The van der Waals surface area contributed by atoms with Crippen LogP contribution in [0.2, 0.25) is 0 Å². The minimum Gasteiger partial charge on any atom is -0.495 e. The van der Waals surface area contributed by atoms with Gasteiger partial charge in [-0.25, -0.2) is 0 Å². The van der Waals surface area contributed by atoms with E-state index in [1.165, 1.54) is 0 Å². The van der Waals surface area contributed by atoms with E-state index >= 15 is 0 Å². The highest BCUT2D eigenvalue weighted by atomic mass is 16.5. The molecule has 3 aromatic rings. The quantitative estimate of drug-likeness (QED) is 0.778. The first kappa shape index (κ1) is 14.1. The van der Waals surface area contributed by atoms with Gasteiger partial charge in [0.15, 0.2) is 0 Å². The molecule has 0 aliphatic carbocycles. The maximum Gasteiger partial charge on any atom is 0.247 e. The van der Waals surface area contributed by atoms with Gasteiger partial charge in [0.1, 0.15) is 5.75 Å². The van der Waals surface area contributed by atoms with Crippen molar-refractivity contribution >= 4 is 5.69 Å². The summed E-state index contributed by atoms with van der Waals surface area (Å²) in [4.78, 5) is 0. The lowest BCUT2D eigenvalue weighted by atomic mass is 10.1. The lowest BCUT2D eigenvalue weighted by Crippen LogP contribution is -2.01. The van der Waals surface area contributed by atoms with Gasteiger partial charge in [0.25, 0.3) is 0 Å². The summed E-state index contributed by atoms with van der Waals surface area (Å²) in [5.74, 6) is 1.84. The first-order valence-electron chi connectivity index (χ1n) is 7.02. The zero-order chi connectivity index (χ0) is 15.4. The number of methoxy groups -OCH3 is 1. The van der Waals surface area contributed by atoms with Gasteiger partial charge in [-0.15, -0.1) is 10.2 Å². The third-order valence-electron chi connectivity index (χ3n) is 3.27. The summed E-state index contributed by atoms with van der Waals surface area (Å²) in [6, 6.07) is 15.7. The lowest BCUT2D eigenvalue weighted by molar-refractivity contribution is 0.416. The zero-order valence-electron chi connectivity index (χ0n) is 12.5. The Bertz CT molecular complexity index is 768. The van der Waals surface area contributed by atoms with Crippen LogP contribution in [0, 0.1) is 6.92 Å². The van der Waals surface area contributed by atoms with E-state index in [9.17, 15) is 0 Å². The molecule has 0 unspecified atom stereocenters. The third kappa shape index (κ3) is 3.09. The number of benzene rings is 2. The van der Waals surface area contributed by atoms with Gasteiger partial charge < -0.3 is 14.5 Å². The summed E-state index contributed by atoms with van der Waals surface area (Å²) in [7, 11) is 1.64. The Hall–Kier alpha value is -2.82. The Morgan fingerprint density at radius 3 is 2.77 bits per heavy atom. The number of nitrogens with zero attached hydrogens (tertiary/aromatic N) is 2. The average molecular weight is 295 g/mol. The molecule has 0 spiro atoms. The van der Waals surface area contributed by atoms with Crippen LogP contribution in [0.25, 0.3) is 11.5 Å². The van der Waals surface area contributed by atoms with Crippen LogP contribution in [0.3, 0.4) is 0 Å². The minimum absolute atomic E-state index is 0.444. The third-order valence-corrected chi connectivity index (χ3v) is 3.27. The Balaban J connectivity index is 1.72. The van der Waals surface area contributed by atoms with Crippen LogP contribution in [0.15, 0.2) is 52.9 Å². The SMILES string of the molecule is COc1ccccc1NCc1nnc(-c2cccc(C)c2)o1. The molecule has 5 heteroatoms. The zero-order valence-corrected chi connectivity index (χ0v) is 12.5. The number of aromatic nitrogens is 2. The van der Waals surface area contributed by atoms with E-state index in [1.807, 2.05) is 55.5 Å². The molecular weight excluding hydrogens is 278 g/mol. The maximum atomic E-state index is 5.69. The molecule has 0 radical (unpaired) electrons. The van der Waals surface area contributed by atoms with E-state index in [0.717, 1.165) is 22.6 Å². The monoisotopic (exact) mass is 295 g/mol. The van der Waals surface area contributed by atoms with Crippen LogP contribution in [-0.2, 0) is 6.54 Å². The van der Waals surface area contributed by atoms with E-state index in [4.69, 9.17) is 9.15 Å². The standard InChI is InChI=1S/C17H17N3O2/c1-12-6-5-7-13(10-12)17-20-19-16(22-17)11-18-14-8-3-4-9-15(14)21-2/h3-10,18H,11H2,1-2H3. The summed E-state index contributed by atoms with van der Waals surface area (Å²) in [5.41, 5.74) is 2.97. The van der Waals surface area contributed by atoms with Crippen molar-refractivity contribution in [3.05, 3.63) is 60.0 Å². The van der Waals surface area contributed by atoms with Crippen molar-refractivity contribution in [2.75, 3.05) is 12.4 Å². The highest BCUT2D eigenvalue weighted by Crippen LogP contribution is 2.24. The maximum absolute atomic E-state index is 5.69. The van der Waals surface area contributed by atoms with Crippen molar-refractivity contribution in [2.24, 2.45) is 0 Å². The Kier molecular flexibility index (Phi) is 4.05. The molecule has 0 bridgehead atoms. The molecule has 0 fully saturated rings. The molecule has 22 heavy (non-hydrogen) atoms. The smallest absolute Gasteiger partial charge is 0.247 e. The molecule has 1 heterocycles. The van der Waals surface area contributed by atoms with Crippen molar-refractivity contribution in [1.29, 1.82) is 0 Å². The van der Waals surface area contributed by atoms with Gasteiger partial charge >= 0.3 is 0 Å². The van der Waals surface area contributed by atoms with E-state index in [0.29, 0.717) is 18.3 Å². The second kappa shape index (κ2) is 6.30. The summed E-state index contributed by atoms with van der Waals surface area (Å²) >= 11 is 0. The highest BCUT2D eigenvalue weighted by Gasteiger charge is 2.09. The molecule has 112 valence electrons. The number of rotatable bonds is 5. The number of nitrogens with one attached hydrogen (secondary N) is 1. The van der Waals surface area contributed by atoms with E-state index in [-0.39, 0.29) is 0 Å². The molecule has 3 rings (SSSR count). The molecule has 2 aromatic carbocycles. The van der Waals surface area contributed by atoms with Crippen LogP contribution in [0.1, 0.15) is 11.5 Å². The largest absolute Gasteiger partial charge is 0.495 e. The second-order valence-electron chi connectivity index (χ2n) is 4.92. The second-order valence-corrected chi connectivity index (χ2v) is 4.92. The van der Waals surface area contributed by atoms with Crippen LogP contribution in [0.5, 0.6) is 5.75 Å². The van der Waals surface area contributed by atoms with Crippen LogP contribution in [-0.4, -0.2) is 17.3 Å². The molecule has 0 atom stereocenters. The normalized spacial score (nSPS) is 10.5. The molecule has 1 aromatic heterocycles. The number of aryl methyl sites for hydroxylation is 1. The molecule has 0 aliphatic heterocycles. The van der Waals surface area contributed by atoms with Crippen LogP contribution in [0.4, 0.5) is 5.69 Å². The van der Waals surface area contributed by atoms with Crippen molar-refractivity contribution in [3.8, 4) is 17.2 Å². The molecule has 1 N–H and O–H groups in total. The fourth-order valence-corrected chi connectivity index (χ4v) is 2.18. The van der Waals surface area contributed by atoms with Gasteiger partial charge in [0.05, 0.1) is 19.3 Å². The van der Waals surface area contributed by atoms with Crippen LogP contribution < -0.4 is 10.1 Å². The van der Waals surface area contributed by atoms with Crippen molar-refractivity contribution in [3.63, 3.8) is 0 Å². The first-order chi connectivity index (χ1) is 10.8. The van der Waals surface area contributed by atoms with Gasteiger partial charge in [-0.3, -0.25) is 0 Å². The van der Waals surface area contributed by atoms with Crippen LogP contribution >= 0.6 is 0 Å². The minimum atomic E-state index is 0.444. The summed E-state index contributed by atoms with van der Waals surface area (Å²) < 4.78 is 11.0. The Morgan fingerprint density at radius 2 is 1.95 bits per heavy atom. The van der Waals surface area contributed by atoms with Crippen molar-refractivity contribution in [2.45, 2.75) is 13.5 Å². The number of hydrogen-bond donors (Lipinski definition) is 1. The molecule has 0 aliphatic rings. The summed E-state index contributed by atoms with van der Waals surface area (Å²) in [6.07, 6.45) is 0. The average Bonchev–Trinajstić information content (AvgIpc) is 3.02. The molecular formula is C17H17N3O2. The van der Waals surface area contributed by atoms with Gasteiger partial charge in [0.2, 0.25) is 11.8 Å². The summed E-state index contributed by atoms with van der Waals surface area (Å²) in [6.45, 7) is 2.48. The number of anilines is 1. The van der Waals surface area contributed by atoms with Crippen molar-refractivity contribution < 1.29 is 9.15 Å². The predicted octanol–water partition coefficient (Wildman–Crippen LogP) is 3.67. The predicted molar refractivity (Wildman–Crippen MR) is 84.8 cm³/mol. The van der Waals surface area contributed by atoms with Gasteiger partial charge in [-0.05, 0) is 31.2 Å². The fourth-order valence-electron chi connectivity index (χ4n) is 2.18.